The van der Waals surface area contributed by atoms with Crippen molar-refractivity contribution in [2.75, 3.05) is 11.6 Å². The highest BCUT2D eigenvalue weighted by Crippen LogP contribution is 2.42. The van der Waals surface area contributed by atoms with Gasteiger partial charge in [0.25, 0.3) is 0 Å². The molecule has 0 bridgehead atoms. The summed E-state index contributed by atoms with van der Waals surface area (Å²) in [6, 6.07) is 13.9. The second-order valence-corrected chi connectivity index (χ2v) is 5.37. The zero-order valence-electron chi connectivity index (χ0n) is 11.6. The average molecular weight is 296 g/mol. The third kappa shape index (κ3) is 1.89. The highest BCUT2D eigenvalue weighted by Gasteiger charge is 2.42. The Morgan fingerprint density at radius 1 is 1.23 bits per heavy atom. The molecule has 0 aromatic heterocycles. The summed E-state index contributed by atoms with van der Waals surface area (Å²) < 4.78 is 19.3. The number of hydrogen-bond acceptors (Lipinski definition) is 4. The second kappa shape index (κ2) is 4.94. The van der Waals surface area contributed by atoms with Crippen LogP contribution >= 0.6 is 0 Å². The molecule has 110 valence electrons. The van der Waals surface area contributed by atoms with E-state index in [4.69, 9.17) is 4.74 Å². The number of nitrogens with zero attached hydrogens (tertiary/aromatic N) is 2. The van der Waals surface area contributed by atoms with Crippen molar-refractivity contribution >= 4 is 17.7 Å². The molecule has 2 aromatic rings. The molecule has 0 fully saturated rings. The molecule has 22 heavy (non-hydrogen) atoms. The van der Waals surface area contributed by atoms with Gasteiger partial charge in [0.15, 0.2) is 6.29 Å². The molecule has 2 aromatic carbocycles. The van der Waals surface area contributed by atoms with E-state index in [9.17, 15) is 9.18 Å². The molecule has 0 amide bonds. The molecule has 2 aliphatic rings. The molecule has 0 N–H and O–H groups in total. The smallest absolute Gasteiger partial charge is 0.166 e. The molecule has 2 heterocycles. The number of benzene rings is 2. The summed E-state index contributed by atoms with van der Waals surface area (Å²) >= 11 is 0. The van der Waals surface area contributed by atoms with E-state index in [1.807, 2.05) is 30.3 Å². The van der Waals surface area contributed by atoms with Crippen LogP contribution in [0.15, 0.2) is 53.6 Å². The van der Waals surface area contributed by atoms with Gasteiger partial charge >= 0.3 is 0 Å². The number of anilines is 1. The summed E-state index contributed by atoms with van der Waals surface area (Å²) in [5.74, 6) is 0.0597. The minimum Gasteiger partial charge on any atom is -0.489 e. The lowest BCUT2D eigenvalue weighted by Gasteiger charge is -2.33. The van der Waals surface area contributed by atoms with Gasteiger partial charge in [-0.2, -0.15) is 5.10 Å². The summed E-state index contributed by atoms with van der Waals surface area (Å²) in [6.45, 7) is 0.402. The molecule has 0 aliphatic carbocycles. The van der Waals surface area contributed by atoms with Crippen LogP contribution in [0.3, 0.4) is 0 Å². The minimum absolute atomic E-state index is 0.142. The van der Waals surface area contributed by atoms with Crippen molar-refractivity contribution in [3.05, 3.63) is 59.9 Å². The van der Waals surface area contributed by atoms with Crippen LogP contribution in [-0.4, -0.2) is 24.6 Å². The molecule has 0 radical (unpaired) electrons. The third-order valence-corrected chi connectivity index (χ3v) is 4.10. The van der Waals surface area contributed by atoms with Crippen molar-refractivity contribution in [1.29, 1.82) is 0 Å². The topological polar surface area (TPSA) is 41.9 Å². The predicted molar refractivity (Wildman–Crippen MR) is 80.8 cm³/mol. The Morgan fingerprint density at radius 2 is 2.05 bits per heavy atom. The lowest BCUT2D eigenvalue weighted by Crippen LogP contribution is -2.40. The molecule has 0 saturated heterocycles. The number of hydrazone groups is 1. The van der Waals surface area contributed by atoms with Gasteiger partial charge in [-0.15, -0.1) is 0 Å². The monoisotopic (exact) mass is 296 g/mol. The van der Waals surface area contributed by atoms with E-state index in [0.29, 0.717) is 23.8 Å². The van der Waals surface area contributed by atoms with Gasteiger partial charge in [0, 0.05) is 6.07 Å². The lowest BCUT2D eigenvalue weighted by molar-refractivity contribution is -0.102. The molecule has 4 nitrogen and oxygen atoms in total. The van der Waals surface area contributed by atoms with Crippen LogP contribution in [0.1, 0.15) is 11.5 Å². The number of fused-ring (bicyclic) bond motifs is 3. The number of halogens is 1. The molecule has 4 rings (SSSR count). The first-order valence-electron chi connectivity index (χ1n) is 7.08. The van der Waals surface area contributed by atoms with Crippen LogP contribution in [0.4, 0.5) is 10.1 Å². The Morgan fingerprint density at radius 3 is 2.82 bits per heavy atom. The number of hydrogen-bond donors (Lipinski definition) is 0. The first-order chi connectivity index (χ1) is 10.8. The number of ether oxygens (including phenoxy) is 1. The Hall–Kier alpha value is -2.69. The summed E-state index contributed by atoms with van der Waals surface area (Å²) in [6.07, 6.45) is 0.773. The van der Waals surface area contributed by atoms with E-state index in [1.165, 1.54) is 12.1 Å². The van der Waals surface area contributed by atoms with Crippen molar-refractivity contribution < 1.29 is 13.9 Å². The fourth-order valence-electron chi connectivity index (χ4n) is 3.12. The quantitative estimate of drug-likeness (QED) is 0.800. The van der Waals surface area contributed by atoms with Gasteiger partial charge in [0.05, 0.1) is 12.0 Å². The van der Waals surface area contributed by atoms with Gasteiger partial charge in [-0.25, -0.2) is 4.39 Å². The van der Waals surface area contributed by atoms with Gasteiger partial charge in [-0.3, -0.25) is 9.80 Å². The van der Waals surface area contributed by atoms with Crippen LogP contribution in [-0.2, 0) is 4.79 Å². The van der Waals surface area contributed by atoms with Gasteiger partial charge in [0.2, 0.25) is 0 Å². The summed E-state index contributed by atoms with van der Waals surface area (Å²) in [4.78, 5) is 11.4. The Kier molecular flexibility index (Phi) is 2.92. The fourth-order valence-corrected chi connectivity index (χ4v) is 3.12. The van der Waals surface area contributed by atoms with Crippen molar-refractivity contribution in [3.8, 4) is 5.75 Å². The number of aldehydes is 1. The van der Waals surface area contributed by atoms with Crippen molar-refractivity contribution in [3.63, 3.8) is 0 Å². The maximum atomic E-state index is 13.6. The molecule has 0 saturated carbocycles. The largest absolute Gasteiger partial charge is 0.489 e. The first-order valence-corrected chi connectivity index (χ1v) is 7.08. The number of rotatable bonds is 2. The Labute approximate surface area is 126 Å². The molecular formula is C17H13FN2O2. The average Bonchev–Trinajstić information content (AvgIpc) is 2.94. The predicted octanol–water partition coefficient (Wildman–Crippen LogP) is 2.75. The Balaban J connectivity index is 1.80. The molecule has 2 atom stereocenters. The minimum atomic E-state index is -0.353. The molecular weight excluding hydrogens is 283 g/mol. The van der Waals surface area contributed by atoms with Crippen LogP contribution in [0.5, 0.6) is 5.75 Å². The maximum absolute atomic E-state index is 13.6. The van der Waals surface area contributed by atoms with E-state index >= 15 is 0 Å². The lowest BCUT2D eigenvalue weighted by atomic mass is 9.88. The van der Waals surface area contributed by atoms with Crippen LogP contribution in [0.2, 0.25) is 0 Å². The number of carbonyl (C=O) groups is 1. The maximum Gasteiger partial charge on any atom is 0.166 e. The molecule has 0 spiro atoms. The van der Waals surface area contributed by atoms with Gasteiger partial charge in [0.1, 0.15) is 29.6 Å². The highest BCUT2D eigenvalue weighted by molar-refractivity contribution is 6.32. The normalized spacial score (nSPS) is 22.4. The summed E-state index contributed by atoms with van der Waals surface area (Å²) in [5.41, 5.74) is 2.01. The van der Waals surface area contributed by atoms with E-state index in [1.54, 1.807) is 11.1 Å². The second-order valence-electron chi connectivity index (χ2n) is 5.37. The Bertz CT molecular complexity index is 761. The van der Waals surface area contributed by atoms with E-state index in [0.717, 1.165) is 11.8 Å². The number of carbonyl (C=O) groups excluding carboxylic acids is 1. The summed E-state index contributed by atoms with van der Waals surface area (Å²) in [7, 11) is 0. The standard InChI is InChI=1S/C17H13FN2O2/c18-12-6-7-16-14(8-12)20-15(10-22-16)17(13(9-21)19-20)11-4-2-1-3-5-11/h1-9,15,17H,10H2/t15-,17-/m0/s1. The molecule has 0 unspecified atom stereocenters. The molecule has 5 heteroatoms. The van der Waals surface area contributed by atoms with E-state index in [-0.39, 0.29) is 17.8 Å². The van der Waals surface area contributed by atoms with E-state index in [2.05, 4.69) is 5.10 Å². The van der Waals surface area contributed by atoms with Crippen LogP contribution in [0, 0.1) is 5.82 Å². The SMILES string of the molecule is O=CC1=NN2c3cc(F)ccc3OC[C@H]2[C@H]1c1ccccc1. The molecule has 2 aliphatic heterocycles. The fraction of sp³-hybridized carbons (Fsp3) is 0.176. The zero-order valence-corrected chi connectivity index (χ0v) is 11.6. The first kappa shape index (κ1) is 13.0. The van der Waals surface area contributed by atoms with Crippen LogP contribution < -0.4 is 9.75 Å². The van der Waals surface area contributed by atoms with E-state index < -0.39 is 0 Å². The zero-order chi connectivity index (χ0) is 15.1. The summed E-state index contributed by atoms with van der Waals surface area (Å²) in [5, 5.41) is 6.12. The third-order valence-electron chi connectivity index (χ3n) is 4.10. The van der Waals surface area contributed by atoms with Gasteiger partial charge < -0.3 is 4.74 Å². The van der Waals surface area contributed by atoms with Gasteiger partial charge in [-0.1, -0.05) is 30.3 Å². The van der Waals surface area contributed by atoms with Crippen molar-refractivity contribution in [2.45, 2.75) is 12.0 Å². The van der Waals surface area contributed by atoms with Crippen LogP contribution in [0.25, 0.3) is 0 Å². The van der Waals surface area contributed by atoms with Crippen molar-refractivity contribution in [2.24, 2.45) is 5.10 Å². The van der Waals surface area contributed by atoms with Gasteiger partial charge in [-0.05, 0) is 17.7 Å². The highest BCUT2D eigenvalue weighted by atomic mass is 19.1. The van der Waals surface area contributed by atoms with Crippen molar-refractivity contribution in [1.82, 2.24) is 0 Å².